The number of nitrogens with one attached hydrogen (secondary N) is 1. The van der Waals surface area contributed by atoms with Gasteiger partial charge in [0, 0.05) is 26.6 Å². The van der Waals surface area contributed by atoms with E-state index in [1.54, 1.807) is 17.2 Å². The average Bonchev–Trinajstić information content (AvgIpc) is 2.84. The molecule has 0 bridgehead atoms. The lowest BCUT2D eigenvalue weighted by Gasteiger charge is -2.08. The topological polar surface area (TPSA) is 77.6 Å². The van der Waals surface area contributed by atoms with Crippen molar-refractivity contribution in [3.63, 3.8) is 0 Å². The van der Waals surface area contributed by atoms with Gasteiger partial charge in [-0.2, -0.15) is 10.2 Å². The van der Waals surface area contributed by atoms with Crippen molar-refractivity contribution in [1.82, 2.24) is 24.5 Å². The zero-order valence-electron chi connectivity index (χ0n) is 11.5. The summed E-state index contributed by atoms with van der Waals surface area (Å²) < 4.78 is 3.02. The van der Waals surface area contributed by atoms with Crippen LogP contribution in [0.2, 0.25) is 5.02 Å². The molecule has 1 N–H and O–H groups in total. The summed E-state index contributed by atoms with van der Waals surface area (Å²) in [6, 6.07) is 0. The van der Waals surface area contributed by atoms with Crippen LogP contribution in [-0.2, 0) is 20.0 Å². The standard InChI is InChI=1S/C12H17ClN6O/c1-3-6-19-12(20)11(13)9(7-16-19)14-5-4-10-15-8-18(2)17-10/h7-8,14H,3-6H2,1-2H3. The lowest BCUT2D eigenvalue weighted by atomic mass is 10.3. The van der Waals surface area contributed by atoms with Gasteiger partial charge in [0.15, 0.2) is 5.82 Å². The minimum atomic E-state index is -0.269. The molecule has 2 rings (SSSR count). The number of anilines is 1. The molecule has 2 aromatic heterocycles. The molecule has 0 fully saturated rings. The first kappa shape index (κ1) is 14.5. The highest BCUT2D eigenvalue weighted by Gasteiger charge is 2.08. The van der Waals surface area contributed by atoms with Crippen LogP contribution in [0.15, 0.2) is 17.3 Å². The fourth-order valence-electron chi connectivity index (χ4n) is 1.77. The van der Waals surface area contributed by atoms with Gasteiger partial charge in [-0.15, -0.1) is 0 Å². The highest BCUT2D eigenvalue weighted by atomic mass is 35.5. The van der Waals surface area contributed by atoms with Crippen LogP contribution < -0.4 is 10.9 Å². The number of aromatic nitrogens is 5. The molecule has 0 atom stereocenters. The van der Waals surface area contributed by atoms with E-state index in [4.69, 9.17) is 11.6 Å². The van der Waals surface area contributed by atoms with Gasteiger partial charge in [-0.3, -0.25) is 9.48 Å². The minimum Gasteiger partial charge on any atom is -0.382 e. The van der Waals surface area contributed by atoms with E-state index in [-0.39, 0.29) is 10.6 Å². The van der Waals surface area contributed by atoms with Crippen molar-refractivity contribution in [3.8, 4) is 0 Å². The number of rotatable bonds is 6. The molecule has 20 heavy (non-hydrogen) atoms. The molecule has 108 valence electrons. The van der Waals surface area contributed by atoms with Crippen molar-refractivity contribution in [2.75, 3.05) is 11.9 Å². The Morgan fingerprint density at radius 1 is 1.45 bits per heavy atom. The molecule has 0 amide bonds. The summed E-state index contributed by atoms with van der Waals surface area (Å²) in [7, 11) is 1.82. The van der Waals surface area contributed by atoms with Gasteiger partial charge in [-0.05, 0) is 6.42 Å². The molecule has 0 aliphatic carbocycles. The van der Waals surface area contributed by atoms with E-state index >= 15 is 0 Å². The van der Waals surface area contributed by atoms with Gasteiger partial charge in [0.1, 0.15) is 11.3 Å². The molecule has 2 aromatic rings. The fraction of sp³-hybridized carbons (Fsp3) is 0.500. The lowest BCUT2D eigenvalue weighted by molar-refractivity contribution is 0.568. The molecule has 0 spiro atoms. The predicted octanol–water partition coefficient (Wildman–Crippen LogP) is 1.09. The van der Waals surface area contributed by atoms with Crippen LogP contribution in [0.5, 0.6) is 0 Å². The first-order chi connectivity index (χ1) is 9.61. The summed E-state index contributed by atoms with van der Waals surface area (Å²) in [4.78, 5) is 16.0. The van der Waals surface area contributed by atoms with Crippen molar-refractivity contribution in [3.05, 3.63) is 33.7 Å². The Labute approximate surface area is 121 Å². The second-order valence-electron chi connectivity index (χ2n) is 4.41. The van der Waals surface area contributed by atoms with Crippen LogP contribution in [0.1, 0.15) is 19.2 Å². The summed E-state index contributed by atoms with van der Waals surface area (Å²) in [6.45, 7) is 3.13. The zero-order valence-corrected chi connectivity index (χ0v) is 12.3. The highest BCUT2D eigenvalue weighted by molar-refractivity contribution is 6.32. The van der Waals surface area contributed by atoms with Crippen LogP contribution in [0, 0.1) is 0 Å². The Morgan fingerprint density at radius 3 is 2.90 bits per heavy atom. The smallest absolute Gasteiger partial charge is 0.287 e. The van der Waals surface area contributed by atoms with E-state index in [1.807, 2.05) is 14.0 Å². The minimum absolute atomic E-state index is 0.169. The molecule has 0 aliphatic rings. The lowest BCUT2D eigenvalue weighted by Crippen LogP contribution is -2.24. The normalized spacial score (nSPS) is 10.8. The van der Waals surface area contributed by atoms with Crippen molar-refractivity contribution < 1.29 is 0 Å². The Hall–Kier alpha value is -1.89. The maximum Gasteiger partial charge on any atom is 0.287 e. The molecule has 0 saturated carbocycles. The van der Waals surface area contributed by atoms with E-state index in [9.17, 15) is 4.79 Å². The second kappa shape index (κ2) is 6.51. The maximum absolute atomic E-state index is 11.9. The number of aryl methyl sites for hydroxylation is 2. The summed E-state index contributed by atoms with van der Waals surface area (Å²) in [5.41, 5.74) is 0.273. The molecule has 0 unspecified atom stereocenters. The quantitative estimate of drug-likeness (QED) is 0.863. The molecular formula is C12H17ClN6O. The Kier molecular flexibility index (Phi) is 4.73. The summed E-state index contributed by atoms with van der Waals surface area (Å²) in [5, 5.41) is 11.5. The number of nitrogens with zero attached hydrogens (tertiary/aromatic N) is 5. The van der Waals surface area contributed by atoms with Crippen LogP contribution in [0.25, 0.3) is 0 Å². The van der Waals surface area contributed by atoms with Gasteiger partial charge in [0.25, 0.3) is 5.56 Å². The number of halogens is 1. The van der Waals surface area contributed by atoms with Gasteiger partial charge in [0.2, 0.25) is 0 Å². The van der Waals surface area contributed by atoms with Gasteiger partial charge in [0.05, 0.1) is 11.9 Å². The molecule has 7 nitrogen and oxygen atoms in total. The third-order valence-electron chi connectivity index (χ3n) is 2.73. The van der Waals surface area contributed by atoms with E-state index < -0.39 is 0 Å². The van der Waals surface area contributed by atoms with E-state index in [0.717, 1.165) is 12.2 Å². The zero-order chi connectivity index (χ0) is 14.5. The van der Waals surface area contributed by atoms with Crippen LogP contribution in [0.4, 0.5) is 5.69 Å². The second-order valence-corrected chi connectivity index (χ2v) is 4.79. The maximum atomic E-state index is 11.9. The molecule has 0 radical (unpaired) electrons. The summed E-state index contributed by atoms with van der Waals surface area (Å²) in [5.74, 6) is 0.739. The monoisotopic (exact) mass is 296 g/mol. The van der Waals surface area contributed by atoms with Crippen LogP contribution >= 0.6 is 11.6 Å². The predicted molar refractivity (Wildman–Crippen MR) is 77.0 cm³/mol. The third kappa shape index (κ3) is 3.36. The van der Waals surface area contributed by atoms with Crippen molar-refractivity contribution in [2.45, 2.75) is 26.3 Å². The largest absolute Gasteiger partial charge is 0.382 e. The first-order valence-electron chi connectivity index (χ1n) is 6.45. The molecule has 0 aliphatic heterocycles. The van der Waals surface area contributed by atoms with E-state index in [0.29, 0.717) is 25.2 Å². The van der Waals surface area contributed by atoms with Gasteiger partial charge >= 0.3 is 0 Å². The van der Waals surface area contributed by atoms with E-state index in [2.05, 4.69) is 20.5 Å². The Morgan fingerprint density at radius 2 is 2.25 bits per heavy atom. The molecule has 8 heteroatoms. The molecule has 2 heterocycles. The summed E-state index contributed by atoms with van der Waals surface area (Å²) >= 11 is 6.05. The number of hydrogen-bond acceptors (Lipinski definition) is 5. The SMILES string of the molecule is CCCn1ncc(NCCc2ncn(C)n2)c(Cl)c1=O. The van der Waals surface area contributed by atoms with Crippen molar-refractivity contribution in [2.24, 2.45) is 7.05 Å². The van der Waals surface area contributed by atoms with E-state index in [1.165, 1.54) is 4.68 Å². The van der Waals surface area contributed by atoms with Gasteiger partial charge < -0.3 is 5.32 Å². The van der Waals surface area contributed by atoms with Gasteiger partial charge in [-0.25, -0.2) is 9.67 Å². The summed E-state index contributed by atoms with van der Waals surface area (Å²) in [6.07, 6.45) is 4.71. The Bertz CT molecular complexity index is 635. The van der Waals surface area contributed by atoms with Crippen molar-refractivity contribution in [1.29, 1.82) is 0 Å². The number of hydrogen-bond donors (Lipinski definition) is 1. The van der Waals surface area contributed by atoms with Crippen molar-refractivity contribution >= 4 is 17.3 Å². The highest BCUT2D eigenvalue weighted by Crippen LogP contribution is 2.15. The van der Waals surface area contributed by atoms with Crippen LogP contribution in [-0.4, -0.2) is 31.1 Å². The average molecular weight is 297 g/mol. The first-order valence-corrected chi connectivity index (χ1v) is 6.83. The Balaban J connectivity index is 1.99. The molecular weight excluding hydrogens is 280 g/mol. The van der Waals surface area contributed by atoms with Gasteiger partial charge in [-0.1, -0.05) is 18.5 Å². The molecule has 0 saturated heterocycles. The fourth-order valence-corrected chi connectivity index (χ4v) is 1.98. The third-order valence-corrected chi connectivity index (χ3v) is 3.10. The molecule has 0 aromatic carbocycles. The van der Waals surface area contributed by atoms with Crippen LogP contribution in [0.3, 0.4) is 0 Å².